The van der Waals surface area contributed by atoms with E-state index in [-0.39, 0.29) is 5.56 Å². The van der Waals surface area contributed by atoms with E-state index in [1.165, 1.54) is 38.0 Å². The second-order valence-corrected chi connectivity index (χ2v) is 6.82. The number of carbonyl (C=O) groups is 1. The lowest BCUT2D eigenvalue weighted by Crippen LogP contribution is -2.07. The van der Waals surface area contributed by atoms with Crippen LogP contribution in [0, 0.1) is 0 Å². The molecule has 0 amide bonds. The Kier molecular flexibility index (Phi) is 3.37. The summed E-state index contributed by atoms with van der Waals surface area (Å²) < 4.78 is 31.2. The number of hydrogen-bond acceptors (Lipinski definition) is 5. The highest BCUT2D eigenvalue weighted by atomic mass is 32.2. The van der Waals surface area contributed by atoms with Gasteiger partial charge in [-0.25, -0.2) is 22.2 Å². The highest BCUT2D eigenvalue weighted by molar-refractivity contribution is 7.89. The highest BCUT2D eigenvalue weighted by Gasteiger charge is 2.17. The quantitative estimate of drug-likeness (QED) is 0.772. The van der Waals surface area contributed by atoms with Gasteiger partial charge in [-0.1, -0.05) is 0 Å². The molecule has 8 nitrogen and oxygen atoms in total. The molecule has 0 aliphatic heterocycles. The van der Waals surface area contributed by atoms with Crippen LogP contribution in [0.5, 0.6) is 5.75 Å². The Morgan fingerprint density at radius 2 is 2.04 bits per heavy atom. The number of carboxylic acid groups (broad SMARTS) is 1. The van der Waals surface area contributed by atoms with Crippen LogP contribution >= 0.6 is 0 Å². The summed E-state index contributed by atoms with van der Waals surface area (Å²) in [5.41, 5.74) is 1.68. The largest absolute Gasteiger partial charge is 0.493 e. The van der Waals surface area contributed by atoms with Gasteiger partial charge >= 0.3 is 5.97 Å². The molecule has 1 N–H and O–H groups in total. The fraction of sp³-hybridized carbons (Fsp3) is 0.143. The van der Waals surface area contributed by atoms with Crippen LogP contribution in [0.3, 0.4) is 0 Å². The lowest BCUT2D eigenvalue weighted by atomic mass is 10.2. The Hall–Kier alpha value is -2.81. The van der Waals surface area contributed by atoms with Crippen LogP contribution in [0.25, 0.3) is 16.7 Å². The molecule has 0 atom stereocenters. The summed E-state index contributed by atoms with van der Waals surface area (Å²) in [5, 5.41) is 9.12. The molecular formula is C14H13N3O5S. The van der Waals surface area contributed by atoms with E-state index < -0.39 is 16.0 Å². The molecule has 0 aliphatic rings. The lowest BCUT2D eigenvalue weighted by molar-refractivity contribution is 0.0697. The average molecular weight is 335 g/mol. The van der Waals surface area contributed by atoms with Crippen molar-refractivity contribution in [3.05, 3.63) is 42.5 Å². The summed E-state index contributed by atoms with van der Waals surface area (Å²) >= 11 is 0. The number of aromatic nitrogens is 3. The molecule has 0 unspecified atom stereocenters. The average Bonchev–Trinajstić information content (AvgIpc) is 3.09. The van der Waals surface area contributed by atoms with Gasteiger partial charge in [0.2, 0.25) is 10.0 Å². The number of hydrogen-bond donors (Lipinski definition) is 1. The Morgan fingerprint density at radius 3 is 2.65 bits per heavy atom. The van der Waals surface area contributed by atoms with Crippen molar-refractivity contribution < 1.29 is 23.1 Å². The van der Waals surface area contributed by atoms with Crippen molar-refractivity contribution in [1.82, 2.24) is 13.5 Å². The molecule has 120 valence electrons. The first-order valence-corrected chi connectivity index (χ1v) is 8.33. The van der Waals surface area contributed by atoms with Crippen LogP contribution in [-0.2, 0) is 10.0 Å². The number of aromatic carboxylic acids is 1. The van der Waals surface area contributed by atoms with E-state index in [1.807, 2.05) is 0 Å². The van der Waals surface area contributed by atoms with Crippen LogP contribution in [0.1, 0.15) is 10.4 Å². The Bertz CT molecular complexity index is 1020. The predicted molar refractivity (Wildman–Crippen MR) is 82.8 cm³/mol. The standard InChI is InChI=1S/C14H13N3O5S/c1-22-13-7-16(23(2,20)21)6-12(13)17-8-15-10-4-3-9(14(18)19)5-11(10)17/h3-8H,1-2H3,(H,18,19). The van der Waals surface area contributed by atoms with Crippen LogP contribution in [-0.4, -0.2) is 46.4 Å². The fourth-order valence-electron chi connectivity index (χ4n) is 2.27. The van der Waals surface area contributed by atoms with E-state index >= 15 is 0 Å². The van der Waals surface area contributed by atoms with Gasteiger partial charge in [0, 0.05) is 6.20 Å². The number of imidazole rings is 1. The van der Waals surface area contributed by atoms with Gasteiger partial charge in [-0.05, 0) is 18.2 Å². The molecule has 0 saturated carbocycles. The van der Waals surface area contributed by atoms with Gasteiger partial charge in [-0.15, -0.1) is 0 Å². The SMILES string of the molecule is COc1cn(S(C)(=O)=O)cc1-n1cnc2ccc(C(=O)O)cc21. The summed E-state index contributed by atoms with van der Waals surface area (Å²) in [6.45, 7) is 0. The molecule has 0 fully saturated rings. The molecule has 3 aromatic rings. The summed E-state index contributed by atoms with van der Waals surface area (Å²) in [4.78, 5) is 15.3. The minimum absolute atomic E-state index is 0.112. The van der Waals surface area contributed by atoms with E-state index in [4.69, 9.17) is 9.84 Å². The zero-order valence-electron chi connectivity index (χ0n) is 12.3. The molecule has 23 heavy (non-hydrogen) atoms. The molecule has 1 aromatic carbocycles. The van der Waals surface area contributed by atoms with Gasteiger partial charge in [0.05, 0.1) is 36.2 Å². The van der Waals surface area contributed by atoms with Gasteiger partial charge in [0.25, 0.3) is 0 Å². The summed E-state index contributed by atoms with van der Waals surface area (Å²) in [6.07, 6.45) is 5.30. The Labute approximate surface area is 131 Å². The van der Waals surface area contributed by atoms with Crippen molar-refractivity contribution in [2.45, 2.75) is 0 Å². The summed E-state index contributed by atoms with van der Waals surface area (Å²) in [6, 6.07) is 4.53. The molecule has 0 saturated heterocycles. The molecule has 0 bridgehead atoms. The van der Waals surface area contributed by atoms with Crippen LogP contribution in [0.4, 0.5) is 0 Å². The molecular weight excluding hydrogens is 322 g/mol. The molecule has 3 rings (SSSR count). The smallest absolute Gasteiger partial charge is 0.335 e. The minimum atomic E-state index is -3.47. The van der Waals surface area contributed by atoms with Crippen molar-refractivity contribution in [2.24, 2.45) is 0 Å². The third-order valence-corrected chi connectivity index (χ3v) is 4.38. The maximum Gasteiger partial charge on any atom is 0.335 e. The second-order valence-electron chi connectivity index (χ2n) is 4.93. The van der Waals surface area contributed by atoms with Crippen LogP contribution in [0.2, 0.25) is 0 Å². The molecule has 0 aliphatic carbocycles. The maximum absolute atomic E-state index is 11.7. The number of carboxylic acids is 1. The van der Waals surface area contributed by atoms with Crippen LogP contribution in [0.15, 0.2) is 36.9 Å². The number of benzene rings is 1. The first-order valence-electron chi connectivity index (χ1n) is 6.48. The Balaban J connectivity index is 2.26. The van der Waals surface area contributed by atoms with Gasteiger partial charge in [0.15, 0.2) is 5.75 Å². The van der Waals surface area contributed by atoms with E-state index in [0.29, 0.717) is 22.5 Å². The zero-order chi connectivity index (χ0) is 16.8. The third-order valence-electron chi connectivity index (χ3n) is 3.40. The number of fused-ring (bicyclic) bond motifs is 1. The summed E-state index contributed by atoms with van der Waals surface area (Å²) in [7, 11) is -2.05. The maximum atomic E-state index is 11.7. The number of ether oxygens (including phenoxy) is 1. The van der Waals surface area contributed by atoms with E-state index in [0.717, 1.165) is 10.2 Å². The van der Waals surface area contributed by atoms with Crippen LogP contribution < -0.4 is 4.74 Å². The monoisotopic (exact) mass is 335 g/mol. The first kappa shape index (κ1) is 15.1. The third kappa shape index (κ3) is 2.55. The fourth-order valence-corrected chi connectivity index (χ4v) is 2.84. The van der Waals surface area contributed by atoms with E-state index in [1.54, 1.807) is 10.6 Å². The zero-order valence-corrected chi connectivity index (χ0v) is 13.1. The first-order chi connectivity index (χ1) is 10.8. The number of rotatable bonds is 4. The molecule has 0 spiro atoms. The van der Waals surface area contributed by atoms with Crippen molar-refractivity contribution in [1.29, 1.82) is 0 Å². The molecule has 2 aromatic heterocycles. The normalized spacial score (nSPS) is 11.7. The van der Waals surface area contributed by atoms with E-state index in [2.05, 4.69) is 4.98 Å². The van der Waals surface area contributed by atoms with Gasteiger partial charge in [-0.2, -0.15) is 0 Å². The Morgan fingerprint density at radius 1 is 1.30 bits per heavy atom. The van der Waals surface area contributed by atoms with Gasteiger partial charge < -0.3 is 9.84 Å². The van der Waals surface area contributed by atoms with Gasteiger partial charge in [0.1, 0.15) is 12.0 Å². The van der Waals surface area contributed by atoms with Crippen molar-refractivity contribution in [3.8, 4) is 11.4 Å². The molecule has 9 heteroatoms. The highest BCUT2D eigenvalue weighted by Crippen LogP contribution is 2.28. The molecule has 0 radical (unpaired) electrons. The minimum Gasteiger partial charge on any atom is -0.493 e. The van der Waals surface area contributed by atoms with Crippen molar-refractivity contribution in [3.63, 3.8) is 0 Å². The molecule has 2 heterocycles. The predicted octanol–water partition coefficient (Wildman–Crippen LogP) is 1.34. The topological polar surface area (TPSA) is 103 Å². The summed E-state index contributed by atoms with van der Waals surface area (Å²) in [5.74, 6) is -0.726. The second kappa shape index (κ2) is 5.13. The van der Waals surface area contributed by atoms with Crippen molar-refractivity contribution in [2.75, 3.05) is 13.4 Å². The van der Waals surface area contributed by atoms with E-state index in [9.17, 15) is 13.2 Å². The number of methoxy groups -OCH3 is 1. The van der Waals surface area contributed by atoms with Gasteiger partial charge in [-0.3, -0.25) is 4.57 Å². The lowest BCUT2D eigenvalue weighted by Gasteiger charge is -2.05. The van der Waals surface area contributed by atoms with Crippen molar-refractivity contribution >= 4 is 27.0 Å². The number of nitrogens with zero attached hydrogens (tertiary/aromatic N) is 3.